The summed E-state index contributed by atoms with van der Waals surface area (Å²) < 4.78 is 0. The van der Waals surface area contributed by atoms with Gasteiger partial charge in [-0.05, 0) is 49.5 Å². The first-order chi connectivity index (χ1) is 13.5. The van der Waals surface area contributed by atoms with E-state index in [1.54, 1.807) is 13.0 Å². The van der Waals surface area contributed by atoms with Crippen LogP contribution in [0.1, 0.15) is 43.9 Å². The minimum absolute atomic E-state index is 0.160. The smallest absolute Gasteiger partial charge is 0.253 e. The summed E-state index contributed by atoms with van der Waals surface area (Å²) in [5.41, 5.74) is 11.7. The van der Waals surface area contributed by atoms with Crippen LogP contribution in [0.4, 0.5) is 0 Å². The Morgan fingerprint density at radius 3 is 2.36 bits per heavy atom. The maximum absolute atomic E-state index is 12.6. The number of amides is 1. The van der Waals surface area contributed by atoms with Crippen LogP contribution in [-0.4, -0.2) is 5.91 Å². The van der Waals surface area contributed by atoms with Gasteiger partial charge in [-0.2, -0.15) is 0 Å². The summed E-state index contributed by atoms with van der Waals surface area (Å²) in [6.07, 6.45) is 7.52. The monoisotopic (exact) mass is 374 g/mol. The second-order valence-electron chi connectivity index (χ2n) is 6.99. The lowest BCUT2D eigenvalue weighted by molar-refractivity contribution is -0.117. The van der Waals surface area contributed by atoms with Gasteiger partial charge in [0.15, 0.2) is 0 Å². The highest BCUT2D eigenvalue weighted by atomic mass is 16.1. The van der Waals surface area contributed by atoms with Crippen LogP contribution in [0.5, 0.6) is 0 Å². The number of benzene rings is 2. The van der Waals surface area contributed by atoms with E-state index in [2.05, 4.69) is 43.4 Å². The number of nitrogens with two attached hydrogens (primary N) is 1. The second kappa shape index (κ2) is 10.9. The third kappa shape index (κ3) is 6.92. The van der Waals surface area contributed by atoms with E-state index >= 15 is 0 Å². The van der Waals surface area contributed by atoms with Gasteiger partial charge in [0.2, 0.25) is 0 Å². The molecule has 0 bridgehead atoms. The Bertz CT molecular complexity index is 872. The number of carbonyl (C=O) groups excluding carboxylic acids is 1. The predicted octanol–water partition coefficient (Wildman–Crippen LogP) is 5.04. The van der Waals surface area contributed by atoms with Crippen molar-refractivity contribution in [1.82, 2.24) is 5.32 Å². The van der Waals surface area contributed by atoms with Gasteiger partial charge in [-0.1, -0.05) is 79.2 Å². The molecule has 3 N–H and O–H groups in total. The molecule has 2 aromatic carbocycles. The van der Waals surface area contributed by atoms with Crippen molar-refractivity contribution < 1.29 is 4.79 Å². The summed E-state index contributed by atoms with van der Waals surface area (Å²) in [7, 11) is 0. The molecule has 0 fully saturated rings. The molecule has 0 aliphatic carbocycles. The van der Waals surface area contributed by atoms with Gasteiger partial charge in [0.05, 0.1) is 5.57 Å². The molecule has 0 aromatic heterocycles. The van der Waals surface area contributed by atoms with E-state index in [-0.39, 0.29) is 5.91 Å². The molecule has 3 heteroatoms. The molecule has 2 aromatic rings. The van der Waals surface area contributed by atoms with Crippen LogP contribution in [-0.2, 0) is 17.8 Å². The average molecular weight is 375 g/mol. The lowest BCUT2D eigenvalue weighted by Gasteiger charge is -2.09. The molecule has 3 nitrogen and oxygen atoms in total. The molecule has 0 unspecified atom stereocenters. The Hall–Kier alpha value is -3.07. The molecule has 0 atom stereocenters. The molecule has 1 amide bonds. The average Bonchev–Trinajstić information content (AvgIpc) is 2.70. The van der Waals surface area contributed by atoms with Gasteiger partial charge >= 0.3 is 0 Å². The van der Waals surface area contributed by atoms with Gasteiger partial charge in [-0.15, -0.1) is 0 Å². The lowest BCUT2D eigenvalue weighted by Crippen LogP contribution is -2.25. The first-order valence-corrected chi connectivity index (χ1v) is 9.69. The van der Waals surface area contributed by atoms with Crippen LogP contribution in [0, 0.1) is 0 Å². The highest BCUT2D eigenvalue weighted by Crippen LogP contribution is 2.12. The van der Waals surface area contributed by atoms with Crippen molar-refractivity contribution in [1.29, 1.82) is 0 Å². The second-order valence-corrected chi connectivity index (χ2v) is 6.99. The highest BCUT2D eigenvalue weighted by Gasteiger charge is 2.08. The summed E-state index contributed by atoms with van der Waals surface area (Å²) in [6.45, 7) is 6.38. The number of carbonyl (C=O) groups is 1. The molecule has 0 saturated heterocycles. The maximum atomic E-state index is 12.6. The van der Waals surface area contributed by atoms with Gasteiger partial charge in [0, 0.05) is 12.2 Å². The normalized spacial score (nSPS) is 12.8. The third-order valence-electron chi connectivity index (χ3n) is 4.57. The first kappa shape index (κ1) is 21.2. The molecule has 0 heterocycles. The molecule has 28 heavy (non-hydrogen) atoms. The Morgan fingerprint density at radius 2 is 1.68 bits per heavy atom. The first-order valence-electron chi connectivity index (χ1n) is 9.69. The van der Waals surface area contributed by atoms with Crippen molar-refractivity contribution in [3.05, 3.63) is 106 Å². The van der Waals surface area contributed by atoms with Crippen LogP contribution in [0.25, 0.3) is 0 Å². The molecule has 0 aliphatic heterocycles. The zero-order valence-electron chi connectivity index (χ0n) is 17.0. The number of hydrogen-bond donors (Lipinski definition) is 2. The van der Waals surface area contributed by atoms with Crippen LogP contribution < -0.4 is 11.1 Å². The van der Waals surface area contributed by atoms with Crippen LogP contribution in [0.2, 0.25) is 0 Å². The summed E-state index contributed by atoms with van der Waals surface area (Å²) in [5, 5.41) is 2.97. The summed E-state index contributed by atoms with van der Waals surface area (Å²) in [4.78, 5) is 12.6. The van der Waals surface area contributed by atoms with Gasteiger partial charge in [0.25, 0.3) is 5.91 Å². The molecule has 2 rings (SSSR count). The third-order valence-corrected chi connectivity index (χ3v) is 4.57. The molecule has 146 valence electrons. The largest absolute Gasteiger partial charge is 0.402 e. The van der Waals surface area contributed by atoms with E-state index in [9.17, 15) is 4.79 Å². The van der Waals surface area contributed by atoms with E-state index in [1.807, 2.05) is 42.5 Å². The Kier molecular flexibility index (Phi) is 8.29. The summed E-state index contributed by atoms with van der Waals surface area (Å²) >= 11 is 0. The standard InChI is InChI=1S/C25H30N2O/c1-4-19(2)10-8-15-24(20(3)26)25(28)27-18-23-14-9-13-22(17-23)16-21-11-6-5-7-12-21/h5-15,17H,4,16,18,26H2,1-3H3,(H,27,28)/b15-8-,19-10?,24-20-. The van der Waals surface area contributed by atoms with Crippen molar-refractivity contribution in [2.45, 2.75) is 40.2 Å². The van der Waals surface area contributed by atoms with E-state index < -0.39 is 0 Å². The van der Waals surface area contributed by atoms with E-state index in [0.717, 1.165) is 18.4 Å². The van der Waals surface area contributed by atoms with Gasteiger partial charge in [-0.25, -0.2) is 0 Å². The number of hydrogen-bond acceptors (Lipinski definition) is 2. The summed E-state index contributed by atoms with van der Waals surface area (Å²) in [6, 6.07) is 18.7. The predicted molar refractivity (Wildman–Crippen MR) is 118 cm³/mol. The number of rotatable bonds is 8. The van der Waals surface area contributed by atoms with Crippen molar-refractivity contribution in [2.24, 2.45) is 5.73 Å². The Morgan fingerprint density at radius 1 is 1.00 bits per heavy atom. The maximum Gasteiger partial charge on any atom is 0.253 e. The zero-order valence-corrected chi connectivity index (χ0v) is 17.0. The van der Waals surface area contributed by atoms with Crippen LogP contribution in [0.3, 0.4) is 0 Å². The van der Waals surface area contributed by atoms with Crippen molar-refractivity contribution in [3.8, 4) is 0 Å². The van der Waals surface area contributed by atoms with Crippen molar-refractivity contribution >= 4 is 5.91 Å². The molecule has 0 radical (unpaired) electrons. The number of nitrogens with one attached hydrogen (secondary N) is 1. The summed E-state index contributed by atoms with van der Waals surface area (Å²) in [5.74, 6) is -0.160. The fourth-order valence-electron chi connectivity index (χ4n) is 2.77. The molecule has 0 aliphatic rings. The van der Waals surface area contributed by atoms with Crippen LogP contribution >= 0.6 is 0 Å². The molecule has 0 spiro atoms. The van der Waals surface area contributed by atoms with Gasteiger partial charge in [0.1, 0.15) is 0 Å². The van der Waals surface area contributed by atoms with Crippen molar-refractivity contribution in [2.75, 3.05) is 0 Å². The van der Waals surface area contributed by atoms with E-state index in [1.165, 1.54) is 16.7 Å². The van der Waals surface area contributed by atoms with Gasteiger partial charge in [-0.3, -0.25) is 4.79 Å². The van der Waals surface area contributed by atoms with Crippen LogP contribution in [0.15, 0.2) is 89.7 Å². The fourth-order valence-corrected chi connectivity index (χ4v) is 2.77. The molecular formula is C25H30N2O. The quantitative estimate of drug-likeness (QED) is 0.502. The van der Waals surface area contributed by atoms with Gasteiger partial charge < -0.3 is 11.1 Å². The SMILES string of the molecule is CCC(C)=C/C=C\C(C(=O)NCc1cccc(Cc2ccccc2)c1)=C(/C)N. The minimum atomic E-state index is -0.160. The Labute approximate surface area is 168 Å². The lowest BCUT2D eigenvalue weighted by atomic mass is 10.0. The molecular weight excluding hydrogens is 344 g/mol. The van der Waals surface area contributed by atoms with Crippen molar-refractivity contribution in [3.63, 3.8) is 0 Å². The zero-order chi connectivity index (χ0) is 20.4. The highest BCUT2D eigenvalue weighted by molar-refractivity contribution is 5.96. The topological polar surface area (TPSA) is 55.1 Å². The fraction of sp³-hybridized carbons (Fsp3) is 0.240. The minimum Gasteiger partial charge on any atom is -0.402 e. The Balaban J connectivity index is 2.01. The van der Waals surface area contributed by atoms with E-state index in [4.69, 9.17) is 5.73 Å². The van der Waals surface area contributed by atoms with E-state index in [0.29, 0.717) is 17.8 Å². The number of allylic oxidation sites excluding steroid dienone is 4. The molecule has 0 saturated carbocycles.